The molecule has 0 fully saturated rings. The highest BCUT2D eigenvalue weighted by Crippen LogP contribution is 2.17. The highest BCUT2D eigenvalue weighted by Gasteiger charge is 2.03. The fraction of sp³-hybridized carbons (Fsp3) is 0.182. The van der Waals surface area contributed by atoms with Crippen molar-refractivity contribution in [2.45, 2.75) is 6.92 Å². The second-order valence-corrected chi connectivity index (χ2v) is 4.29. The van der Waals surface area contributed by atoms with Gasteiger partial charge in [0.15, 0.2) is 5.43 Å². The van der Waals surface area contributed by atoms with E-state index >= 15 is 0 Å². The molecule has 0 N–H and O–H groups in total. The predicted octanol–water partition coefficient (Wildman–Crippen LogP) is 2.61. The molecule has 0 saturated carbocycles. The molecule has 0 spiro atoms. The Labute approximate surface area is 90.3 Å². The summed E-state index contributed by atoms with van der Waals surface area (Å²) < 4.78 is 2.95. The third-order valence-corrected chi connectivity index (χ3v) is 2.95. The molecule has 0 atom stereocenters. The normalized spacial score (nSPS) is 10.8. The Morgan fingerprint density at radius 3 is 2.71 bits per heavy atom. The minimum atomic E-state index is 0.0805. The highest BCUT2D eigenvalue weighted by molar-refractivity contribution is 9.10. The van der Waals surface area contributed by atoms with E-state index in [1.165, 1.54) is 0 Å². The zero-order valence-corrected chi connectivity index (χ0v) is 9.63. The van der Waals surface area contributed by atoms with E-state index in [0.29, 0.717) is 0 Å². The van der Waals surface area contributed by atoms with Crippen LogP contribution in [0.4, 0.5) is 0 Å². The van der Waals surface area contributed by atoms with Crippen LogP contribution in [0.1, 0.15) is 5.69 Å². The summed E-state index contributed by atoms with van der Waals surface area (Å²) >= 11 is 3.36. The Balaban J connectivity index is 3.02. The third-order valence-electron chi connectivity index (χ3n) is 2.45. The summed E-state index contributed by atoms with van der Waals surface area (Å²) in [6.45, 7) is 1.93. The van der Waals surface area contributed by atoms with Gasteiger partial charge in [0.25, 0.3) is 0 Å². The molecule has 0 aliphatic heterocycles. The molecule has 0 saturated heterocycles. The maximum Gasteiger partial charge on any atom is 0.189 e. The lowest BCUT2D eigenvalue weighted by Gasteiger charge is -2.08. The molecular weight excluding hydrogens is 242 g/mol. The van der Waals surface area contributed by atoms with Crippen LogP contribution in [0.3, 0.4) is 0 Å². The van der Waals surface area contributed by atoms with Crippen molar-refractivity contribution in [1.29, 1.82) is 0 Å². The van der Waals surface area contributed by atoms with E-state index in [0.717, 1.165) is 21.1 Å². The van der Waals surface area contributed by atoms with Crippen molar-refractivity contribution in [2.24, 2.45) is 7.05 Å². The second-order valence-electron chi connectivity index (χ2n) is 3.37. The molecule has 1 aromatic heterocycles. The Hall–Kier alpha value is -1.09. The van der Waals surface area contributed by atoms with Crippen molar-refractivity contribution >= 4 is 26.8 Å². The van der Waals surface area contributed by atoms with Gasteiger partial charge in [-0.2, -0.15) is 0 Å². The van der Waals surface area contributed by atoms with Crippen molar-refractivity contribution in [3.63, 3.8) is 0 Å². The Kier molecular flexibility index (Phi) is 2.19. The van der Waals surface area contributed by atoms with Crippen LogP contribution in [0, 0.1) is 6.92 Å². The summed E-state index contributed by atoms with van der Waals surface area (Å²) in [7, 11) is 1.96. The number of pyridine rings is 1. The molecule has 0 aliphatic carbocycles. The fourth-order valence-electron chi connectivity index (χ4n) is 1.55. The average Bonchev–Trinajstić information content (AvgIpc) is 2.14. The van der Waals surface area contributed by atoms with Crippen molar-refractivity contribution in [2.75, 3.05) is 0 Å². The fourth-order valence-corrected chi connectivity index (χ4v) is 1.91. The molecule has 0 bridgehead atoms. The highest BCUT2D eigenvalue weighted by atomic mass is 79.9. The van der Waals surface area contributed by atoms with Crippen LogP contribution in [-0.2, 0) is 7.05 Å². The number of benzene rings is 1. The van der Waals surface area contributed by atoms with Crippen LogP contribution >= 0.6 is 15.9 Å². The lowest BCUT2D eigenvalue weighted by molar-refractivity contribution is 0.898. The van der Waals surface area contributed by atoms with Gasteiger partial charge in [-0.25, -0.2) is 0 Å². The Morgan fingerprint density at radius 1 is 1.29 bits per heavy atom. The predicted molar refractivity (Wildman–Crippen MR) is 61.6 cm³/mol. The van der Waals surface area contributed by atoms with Gasteiger partial charge >= 0.3 is 0 Å². The molecule has 1 aromatic carbocycles. The molecule has 0 amide bonds. The first kappa shape index (κ1) is 9.46. The summed E-state index contributed by atoms with van der Waals surface area (Å²) in [6.07, 6.45) is 0. The minimum absolute atomic E-state index is 0.0805. The van der Waals surface area contributed by atoms with E-state index in [2.05, 4.69) is 15.9 Å². The number of halogens is 1. The van der Waals surface area contributed by atoms with E-state index in [4.69, 9.17) is 0 Å². The first-order chi connectivity index (χ1) is 6.59. The van der Waals surface area contributed by atoms with Gasteiger partial charge in [-0.15, -0.1) is 0 Å². The lowest BCUT2D eigenvalue weighted by Crippen LogP contribution is -2.08. The number of hydrogen-bond acceptors (Lipinski definition) is 1. The molecular formula is C11H10BrNO. The van der Waals surface area contributed by atoms with E-state index in [9.17, 15) is 4.79 Å². The zero-order chi connectivity index (χ0) is 10.3. The lowest BCUT2D eigenvalue weighted by atomic mass is 10.2. The van der Waals surface area contributed by atoms with Crippen molar-refractivity contribution < 1.29 is 0 Å². The average molecular weight is 252 g/mol. The molecule has 1 heterocycles. The minimum Gasteiger partial charge on any atom is -0.348 e. The molecule has 2 aromatic rings. The molecule has 0 radical (unpaired) electrons. The SMILES string of the molecule is Cc1cc(=O)c2cc(Br)ccc2n1C. The van der Waals surface area contributed by atoms with Crippen LogP contribution < -0.4 is 5.43 Å². The molecule has 2 rings (SSSR count). The molecule has 72 valence electrons. The Morgan fingerprint density at radius 2 is 2.00 bits per heavy atom. The van der Waals surface area contributed by atoms with Crippen molar-refractivity contribution in [3.05, 3.63) is 44.7 Å². The van der Waals surface area contributed by atoms with Gasteiger partial charge in [0, 0.05) is 28.7 Å². The first-order valence-electron chi connectivity index (χ1n) is 4.35. The van der Waals surface area contributed by atoms with E-state index in [-0.39, 0.29) is 5.43 Å². The van der Waals surface area contributed by atoms with E-state index in [1.54, 1.807) is 6.07 Å². The number of fused-ring (bicyclic) bond motifs is 1. The number of hydrogen-bond donors (Lipinski definition) is 0. The van der Waals surface area contributed by atoms with Gasteiger partial charge in [-0.1, -0.05) is 15.9 Å². The molecule has 0 aliphatic rings. The van der Waals surface area contributed by atoms with Gasteiger partial charge in [-0.05, 0) is 25.1 Å². The van der Waals surface area contributed by atoms with Gasteiger partial charge in [0.2, 0.25) is 0 Å². The summed E-state index contributed by atoms with van der Waals surface area (Å²) in [5.41, 5.74) is 2.03. The summed E-state index contributed by atoms with van der Waals surface area (Å²) in [6, 6.07) is 7.42. The molecule has 14 heavy (non-hydrogen) atoms. The molecule has 2 nitrogen and oxygen atoms in total. The standard InChI is InChI=1S/C11H10BrNO/c1-7-5-11(14)9-6-8(12)3-4-10(9)13(7)2/h3-6H,1-2H3. The molecule has 3 heteroatoms. The largest absolute Gasteiger partial charge is 0.348 e. The monoisotopic (exact) mass is 251 g/mol. The summed E-state index contributed by atoms with van der Waals surface area (Å²) in [5.74, 6) is 0. The molecule has 0 unspecified atom stereocenters. The van der Waals surface area contributed by atoms with Gasteiger partial charge < -0.3 is 4.57 Å². The number of aryl methyl sites for hydroxylation is 2. The van der Waals surface area contributed by atoms with Crippen LogP contribution in [0.5, 0.6) is 0 Å². The van der Waals surface area contributed by atoms with Crippen molar-refractivity contribution in [3.8, 4) is 0 Å². The topological polar surface area (TPSA) is 22.0 Å². The Bertz CT molecular complexity index is 557. The van der Waals surface area contributed by atoms with Crippen LogP contribution in [0.25, 0.3) is 10.9 Å². The van der Waals surface area contributed by atoms with Gasteiger partial charge in [0.1, 0.15) is 0 Å². The zero-order valence-electron chi connectivity index (χ0n) is 8.04. The van der Waals surface area contributed by atoms with Crippen LogP contribution in [-0.4, -0.2) is 4.57 Å². The van der Waals surface area contributed by atoms with E-state index in [1.807, 2.05) is 36.7 Å². The van der Waals surface area contributed by atoms with Crippen LogP contribution in [0.2, 0.25) is 0 Å². The number of rotatable bonds is 0. The maximum atomic E-state index is 11.7. The third kappa shape index (κ3) is 1.38. The van der Waals surface area contributed by atoms with Gasteiger partial charge in [0.05, 0.1) is 5.52 Å². The summed E-state index contributed by atoms with van der Waals surface area (Å²) in [5, 5.41) is 0.757. The van der Waals surface area contributed by atoms with Crippen molar-refractivity contribution in [1.82, 2.24) is 4.57 Å². The van der Waals surface area contributed by atoms with E-state index < -0.39 is 0 Å². The maximum absolute atomic E-state index is 11.7. The number of aromatic nitrogens is 1. The first-order valence-corrected chi connectivity index (χ1v) is 5.15. The van der Waals surface area contributed by atoms with Crippen LogP contribution in [0.15, 0.2) is 33.5 Å². The quantitative estimate of drug-likeness (QED) is 0.706. The smallest absolute Gasteiger partial charge is 0.189 e. The summed E-state index contributed by atoms with van der Waals surface area (Å²) in [4.78, 5) is 11.7. The second kappa shape index (κ2) is 3.24. The number of nitrogens with zero attached hydrogens (tertiary/aromatic N) is 1. The van der Waals surface area contributed by atoms with Gasteiger partial charge in [-0.3, -0.25) is 4.79 Å².